The number of para-hydroxylation sites is 1. The van der Waals surface area contributed by atoms with Crippen LogP contribution in [0.1, 0.15) is 32.6 Å². The molecule has 0 bridgehead atoms. The number of nitro groups is 1. The Balaban J connectivity index is 1.81. The van der Waals surface area contributed by atoms with Crippen LogP contribution in [0.5, 0.6) is 0 Å². The number of carbonyl (C=O) groups is 2. The maximum Gasteiger partial charge on any atom is 0.349 e. The van der Waals surface area contributed by atoms with Gasteiger partial charge < -0.3 is 9.72 Å². The average Bonchev–Trinajstić information content (AvgIpc) is 3.18. The summed E-state index contributed by atoms with van der Waals surface area (Å²) in [7, 11) is 0. The summed E-state index contributed by atoms with van der Waals surface area (Å²) >= 11 is 0.715. The lowest BCUT2D eigenvalue weighted by Gasteiger charge is -2.11. The van der Waals surface area contributed by atoms with E-state index in [1.807, 2.05) is 24.3 Å². The lowest BCUT2D eigenvalue weighted by molar-refractivity contribution is -0.380. The Kier molecular flexibility index (Phi) is 4.37. The zero-order valence-electron chi connectivity index (χ0n) is 13.4. The smallest absolute Gasteiger partial charge is 0.349 e. The molecule has 0 amide bonds. The van der Waals surface area contributed by atoms with Crippen molar-refractivity contribution < 1.29 is 19.2 Å². The van der Waals surface area contributed by atoms with Gasteiger partial charge in [0.15, 0.2) is 6.10 Å². The summed E-state index contributed by atoms with van der Waals surface area (Å²) < 4.78 is 5.20. The number of ketones is 1. The van der Waals surface area contributed by atoms with Gasteiger partial charge >= 0.3 is 11.0 Å². The van der Waals surface area contributed by atoms with E-state index < -0.39 is 17.0 Å². The molecule has 0 aliphatic rings. The molecule has 1 atom stereocenters. The Morgan fingerprint density at radius 3 is 2.64 bits per heavy atom. The van der Waals surface area contributed by atoms with E-state index in [2.05, 4.69) is 4.98 Å². The first-order valence-corrected chi connectivity index (χ1v) is 8.27. The van der Waals surface area contributed by atoms with Gasteiger partial charge in [0, 0.05) is 28.2 Å². The average molecular weight is 358 g/mol. The lowest BCUT2D eigenvalue weighted by Crippen LogP contribution is -2.24. The van der Waals surface area contributed by atoms with Crippen molar-refractivity contribution in [3.05, 3.63) is 62.6 Å². The summed E-state index contributed by atoms with van der Waals surface area (Å²) in [5.74, 6) is -1.08. The van der Waals surface area contributed by atoms with Crippen LogP contribution < -0.4 is 0 Å². The molecular formula is C17H14N2O5S. The number of esters is 1. The first kappa shape index (κ1) is 16.8. The number of aryl methyl sites for hydroxylation is 1. The van der Waals surface area contributed by atoms with Crippen LogP contribution in [0.15, 0.2) is 36.4 Å². The molecule has 0 fully saturated rings. The van der Waals surface area contributed by atoms with Crippen LogP contribution in [0.25, 0.3) is 10.9 Å². The lowest BCUT2D eigenvalue weighted by atomic mass is 10.0. The summed E-state index contributed by atoms with van der Waals surface area (Å²) in [5, 5.41) is 11.3. The van der Waals surface area contributed by atoms with Gasteiger partial charge in [-0.15, -0.1) is 0 Å². The zero-order chi connectivity index (χ0) is 18.1. The van der Waals surface area contributed by atoms with Crippen LogP contribution in [-0.2, 0) is 4.74 Å². The van der Waals surface area contributed by atoms with Gasteiger partial charge in [-0.25, -0.2) is 4.79 Å². The second-order valence-corrected chi connectivity index (χ2v) is 6.54. The predicted molar refractivity (Wildman–Crippen MR) is 93.2 cm³/mol. The Hall–Kier alpha value is -3.00. The number of rotatable bonds is 5. The molecule has 3 aromatic rings. The highest BCUT2D eigenvalue weighted by Gasteiger charge is 2.26. The second-order valence-electron chi connectivity index (χ2n) is 5.48. The number of hydrogen-bond acceptors (Lipinski definition) is 6. The molecule has 3 rings (SSSR count). The molecule has 8 heteroatoms. The molecule has 7 nitrogen and oxygen atoms in total. The van der Waals surface area contributed by atoms with Gasteiger partial charge in [0.1, 0.15) is 4.88 Å². The first-order chi connectivity index (χ1) is 11.9. The van der Waals surface area contributed by atoms with E-state index in [0.717, 1.165) is 10.9 Å². The number of ether oxygens (including phenoxy) is 1. The Morgan fingerprint density at radius 1 is 1.24 bits per heavy atom. The number of nitrogens with one attached hydrogen (secondary N) is 1. The van der Waals surface area contributed by atoms with Crippen molar-refractivity contribution in [1.82, 2.24) is 4.98 Å². The molecule has 2 heterocycles. The maximum atomic E-state index is 12.7. The van der Waals surface area contributed by atoms with Crippen molar-refractivity contribution in [2.45, 2.75) is 20.0 Å². The standard InChI is InChI=1S/C17H14N2O5S/c1-9-15(11-5-3-4-6-12(11)18-9)16(20)10(2)24-17(21)13-7-8-14(25-13)19(22)23/h3-8,10,18H,1-2H3/t10-/m0/s1. The third-order valence-corrected chi connectivity index (χ3v) is 4.78. The molecule has 0 spiro atoms. The number of benzene rings is 1. The van der Waals surface area contributed by atoms with E-state index in [0.29, 0.717) is 22.6 Å². The molecular weight excluding hydrogens is 344 g/mol. The molecule has 1 N–H and O–H groups in total. The summed E-state index contributed by atoms with van der Waals surface area (Å²) in [4.78, 5) is 38.2. The molecule has 0 radical (unpaired) electrons. The zero-order valence-corrected chi connectivity index (χ0v) is 14.3. The highest BCUT2D eigenvalue weighted by Crippen LogP contribution is 2.26. The van der Waals surface area contributed by atoms with Crippen molar-refractivity contribution in [2.24, 2.45) is 0 Å². The number of aromatic nitrogens is 1. The number of thiophene rings is 1. The van der Waals surface area contributed by atoms with Crippen molar-refractivity contribution in [1.29, 1.82) is 0 Å². The first-order valence-electron chi connectivity index (χ1n) is 7.45. The van der Waals surface area contributed by atoms with E-state index in [-0.39, 0.29) is 15.7 Å². The number of H-pyrrole nitrogens is 1. The summed E-state index contributed by atoms with van der Waals surface area (Å²) in [6.07, 6.45) is -1.01. The molecule has 25 heavy (non-hydrogen) atoms. The molecule has 0 unspecified atom stereocenters. The van der Waals surface area contributed by atoms with E-state index >= 15 is 0 Å². The minimum absolute atomic E-state index is 0.0852. The van der Waals surface area contributed by atoms with E-state index in [1.54, 1.807) is 6.92 Å². The topological polar surface area (TPSA) is 102 Å². The fourth-order valence-electron chi connectivity index (χ4n) is 2.61. The van der Waals surface area contributed by atoms with Crippen molar-refractivity contribution in [3.8, 4) is 0 Å². The SMILES string of the molecule is Cc1[nH]c2ccccc2c1C(=O)[C@H](C)OC(=O)c1ccc([N+](=O)[O-])s1. The van der Waals surface area contributed by atoms with Crippen LogP contribution in [-0.4, -0.2) is 27.8 Å². The van der Waals surface area contributed by atoms with Crippen molar-refractivity contribution >= 4 is 39.0 Å². The number of fused-ring (bicyclic) bond motifs is 1. The van der Waals surface area contributed by atoms with Crippen LogP contribution in [0.3, 0.4) is 0 Å². The minimum Gasteiger partial charge on any atom is -0.450 e. The third-order valence-electron chi connectivity index (χ3n) is 3.77. The quantitative estimate of drug-likeness (QED) is 0.323. The number of nitrogens with zero attached hydrogens (tertiary/aromatic N) is 1. The highest BCUT2D eigenvalue weighted by atomic mass is 32.1. The molecule has 128 valence electrons. The van der Waals surface area contributed by atoms with Crippen LogP contribution in [0.2, 0.25) is 0 Å². The van der Waals surface area contributed by atoms with Gasteiger partial charge in [0.2, 0.25) is 5.78 Å². The molecule has 0 saturated carbocycles. The summed E-state index contributed by atoms with van der Waals surface area (Å²) in [6, 6.07) is 9.92. The van der Waals surface area contributed by atoms with Crippen molar-refractivity contribution in [3.63, 3.8) is 0 Å². The molecule has 1 aromatic carbocycles. The van der Waals surface area contributed by atoms with E-state index in [1.165, 1.54) is 19.1 Å². The van der Waals surface area contributed by atoms with Crippen LogP contribution in [0.4, 0.5) is 5.00 Å². The molecule has 0 aliphatic heterocycles. The highest BCUT2D eigenvalue weighted by molar-refractivity contribution is 7.17. The molecule has 2 aromatic heterocycles. The summed E-state index contributed by atoms with van der Waals surface area (Å²) in [6.45, 7) is 3.27. The predicted octanol–water partition coefficient (Wildman–Crippen LogP) is 3.87. The number of Topliss-reactive ketones (excluding diaryl/α,β-unsaturated/α-hetero) is 1. The number of aromatic amines is 1. The fourth-order valence-corrected chi connectivity index (χ4v) is 3.31. The normalized spacial score (nSPS) is 12.1. The summed E-state index contributed by atoms with van der Waals surface area (Å²) in [5.41, 5.74) is 2.00. The van der Waals surface area contributed by atoms with E-state index in [9.17, 15) is 19.7 Å². The fraction of sp³-hybridized carbons (Fsp3) is 0.176. The van der Waals surface area contributed by atoms with Crippen molar-refractivity contribution in [2.75, 3.05) is 0 Å². The Bertz CT molecular complexity index is 988. The van der Waals surface area contributed by atoms with Gasteiger partial charge in [-0.3, -0.25) is 14.9 Å². The largest absolute Gasteiger partial charge is 0.450 e. The maximum absolute atomic E-state index is 12.7. The Labute approximate surface area is 146 Å². The van der Waals surface area contributed by atoms with Gasteiger partial charge in [-0.05, 0) is 26.0 Å². The van der Waals surface area contributed by atoms with Crippen LogP contribution in [0, 0.1) is 17.0 Å². The van der Waals surface area contributed by atoms with Gasteiger partial charge in [-0.2, -0.15) is 0 Å². The van der Waals surface area contributed by atoms with E-state index in [4.69, 9.17) is 4.74 Å². The monoisotopic (exact) mass is 358 g/mol. The minimum atomic E-state index is -1.01. The third kappa shape index (κ3) is 3.16. The van der Waals surface area contributed by atoms with Gasteiger partial charge in [0.05, 0.1) is 4.92 Å². The molecule has 0 saturated heterocycles. The Morgan fingerprint density at radius 2 is 1.96 bits per heavy atom. The van der Waals surface area contributed by atoms with Gasteiger partial charge in [-0.1, -0.05) is 29.5 Å². The number of hydrogen-bond donors (Lipinski definition) is 1. The molecule has 0 aliphatic carbocycles. The second kappa shape index (κ2) is 6.48. The number of carbonyl (C=O) groups excluding carboxylic acids is 2. The van der Waals surface area contributed by atoms with Crippen LogP contribution >= 0.6 is 11.3 Å². The van der Waals surface area contributed by atoms with Gasteiger partial charge in [0.25, 0.3) is 0 Å².